The van der Waals surface area contributed by atoms with Gasteiger partial charge in [0, 0.05) is 11.1 Å². The minimum absolute atomic E-state index is 0.787. The molecule has 0 aliphatic rings. The van der Waals surface area contributed by atoms with Crippen molar-refractivity contribution >= 4 is 5.69 Å². The average Bonchev–Trinajstić information content (AvgIpc) is 2.55. The summed E-state index contributed by atoms with van der Waals surface area (Å²) in [6.45, 7) is 0. The van der Waals surface area contributed by atoms with Crippen molar-refractivity contribution in [2.45, 2.75) is 0 Å². The average molecular weight is 288 g/mol. The first-order chi connectivity index (χ1) is 10.6. The van der Waals surface area contributed by atoms with Gasteiger partial charge in [0.15, 0.2) is 0 Å². The Hall–Kier alpha value is -2.38. The molecule has 3 aromatic carbocycles. The largest absolute Gasteiger partial charge is 0.297 e. The Morgan fingerprint density at radius 2 is 0.909 bits per heavy atom. The second-order valence-corrected chi connectivity index (χ2v) is 6.45. The lowest BCUT2D eigenvalue weighted by Gasteiger charge is -2.29. The molecule has 1 nitrogen and oxygen atoms in total. The maximum absolute atomic E-state index is 2.23. The Morgan fingerprint density at radius 1 is 0.500 bits per heavy atom. The maximum Gasteiger partial charge on any atom is 0.148 e. The van der Waals surface area contributed by atoms with E-state index in [2.05, 4.69) is 100 Å². The second kappa shape index (κ2) is 5.78. The van der Waals surface area contributed by atoms with Gasteiger partial charge in [-0.1, -0.05) is 66.7 Å². The van der Waals surface area contributed by atoms with Crippen LogP contribution in [0.25, 0.3) is 22.3 Å². The van der Waals surface area contributed by atoms with Gasteiger partial charge in [-0.05, 0) is 23.3 Å². The summed E-state index contributed by atoms with van der Waals surface area (Å²) in [6, 6.07) is 27.9. The third-order valence-corrected chi connectivity index (χ3v) is 3.88. The van der Waals surface area contributed by atoms with E-state index in [4.69, 9.17) is 0 Å². The van der Waals surface area contributed by atoms with Gasteiger partial charge in [-0.2, -0.15) is 0 Å². The molecule has 0 atom stereocenters. The molecule has 0 saturated carbocycles. The summed E-state index contributed by atoms with van der Waals surface area (Å²) in [5.74, 6) is 0. The molecule has 0 aliphatic heterocycles. The third-order valence-electron chi connectivity index (χ3n) is 3.88. The zero-order valence-electron chi connectivity index (χ0n) is 13.5. The normalized spacial score (nSPS) is 11.4. The molecular formula is C21H22N+. The predicted octanol–water partition coefficient (Wildman–Crippen LogP) is 5.22. The molecule has 0 unspecified atom stereocenters. The van der Waals surface area contributed by atoms with Crippen LogP contribution in [-0.2, 0) is 0 Å². The zero-order valence-corrected chi connectivity index (χ0v) is 13.5. The van der Waals surface area contributed by atoms with Crippen molar-refractivity contribution < 1.29 is 0 Å². The van der Waals surface area contributed by atoms with E-state index >= 15 is 0 Å². The first-order valence-electron chi connectivity index (χ1n) is 7.63. The van der Waals surface area contributed by atoms with Crippen molar-refractivity contribution in [3.63, 3.8) is 0 Å². The third kappa shape index (κ3) is 2.81. The van der Waals surface area contributed by atoms with Gasteiger partial charge in [-0.25, -0.2) is 0 Å². The van der Waals surface area contributed by atoms with Crippen molar-refractivity contribution in [1.29, 1.82) is 0 Å². The molecule has 0 amide bonds. The number of rotatable bonds is 3. The van der Waals surface area contributed by atoms with Gasteiger partial charge in [-0.3, -0.25) is 4.48 Å². The lowest BCUT2D eigenvalue weighted by Crippen LogP contribution is -2.35. The Balaban J connectivity index is 2.29. The van der Waals surface area contributed by atoms with Crippen LogP contribution in [0.1, 0.15) is 0 Å². The van der Waals surface area contributed by atoms with E-state index in [0.29, 0.717) is 0 Å². The van der Waals surface area contributed by atoms with Crippen molar-refractivity contribution in [3.8, 4) is 22.3 Å². The molecule has 0 spiro atoms. The van der Waals surface area contributed by atoms with Crippen LogP contribution in [0.15, 0.2) is 78.9 Å². The zero-order chi connectivity index (χ0) is 15.6. The van der Waals surface area contributed by atoms with E-state index in [1.807, 2.05) is 0 Å². The Bertz CT molecular complexity index is 695. The number of quaternary nitrogens is 1. The van der Waals surface area contributed by atoms with Crippen LogP contribution in [0.3, 0.4) is 0 Å². The molecule has 1 heteroatoms. The summed E-state index contributed by atoms with van der Waals surface area (Å²) < 4.78 is 0.787. The molecule has 0 aromatic heterocycles. The van der Waals surface area contributed by atoms with E-state index in [-0.39, 0.29) is 0 Å². The van der Waals surface area contributed by atoms with E-state index in [0.717, 1.165) is 4.48 Å². The van der Waals surface area contributed by atoms with Crippen molar-refractivity contribution in [1.82, 2.24) is 4.48 Å². The molecule has 0 aliphatic carbocycles. The SMILES string of the molecule is C[N+](C)(C)c1c(-c2ccccc2)cccc1-c1ccccc1. The molecule has 0 radical (unpaired) electrons. The van der Waals surface area contributed by atoms with Crippen LogP contribution in [0.5, 0.6) is 0 Å². The van der Waals surface area contributed by atoms with E-state index in [9.17, 15) is 0 Å². The number of hydrogen-bond donors (Lipinski definition) is 0. The highest BCUT2D eigenvalue weighted by molar-refractivity contribution is 5.89. The predicted molar refractivity (Wildman–Crippen MR) is 96.9 cm³/mol. The topological polar surface area (TPSA) is 0 Å². The molecule has 0 heterocycles. The first-order valence-corrected chi connectivity index (χ1v) is 7.63. The summed E-state index contributed by atoms with van der Waals surface area (Å²) in [4.78, 5) is 0. The number of hydrogen-bond acceptors (Lipinski definition) is 0. The Morgan fingerprint density at radius 3 is 1.27 bits per heavy atom. The highest BCUT2D eigenvalue weighted by Gasteiger charge is 2.23. The van der Waals surface area contributed by atoms with E-state index < -0.39 is 0 Å². The monoisotopic (exact) mass is 288 g/mol. The number of para-hydroxylation sites is 1. The van der Waals surface area contributed by atoms with Gasteiger partial charge >= 0.3 is 0 Å². The highest BCUT2D eigenvalue weighted by atomic mass is 15.3. The molecule has 0 bridgehead atoms. The van der Waals surface area contributed by atoms with Crippen LogP contribution in [0.4, 0.5) is 5.69 Å². The Labute approximate surface area is 133 Å². The van der Waals surface area contributed by atoms with Gasteiger partial charge in [-0.15, -0.1) is 0 Å². The minimum atomic E-state index is 0.787. The lowest BCUT2D eigenvalue weighted by molar-refractivity contribution is 0.489. The quantitative estimate of drug-likeness (QED) is 0.580. The Kier molecular flexibility index (Phi) is 3.82. The summed E-state index contributed by atoms with van der Waals surface area (Å²) >= 11 is 0. The van der Waals surface area contributed by atoms with Crippen LogP contribution >= 0.6 is 0 Å². The molecule has 0 saturated heterocycles. The highest BCUT2D eigenvalue weighted by Crippen LogP contribution is 2.40. The smallest absolute Gasteiger partial charge is 0.148 e. The minimum Gasteiger partial charge on any atom is -0.297 e. The van der Waals surface area contributed by atoms with Gasteiger partial charge in [0.1, 0.15) is 5.69 Å². The van der Waals surface area contributed by atoms with Crippen LogP contribution in [0.2, 0.25) is 0 Å². The summed E-state index contributed by atoms with van der Waals surface area (Å²) in [5, 5.41) is 0. The van der Waals surface area contributed by atoms with Gasteiger partial charge in [0.25, 0.3) is 0 Å². The van der Waals surface area contributed by atoms with Gasteiger partial charge in [0.05, 0.1) is 21.1 Å². The van der Waals surface area contributed by atoms with Crippen LogP contribution in [0, 0.1) is 0 Å². The van der Waals surface area contributed by atoms with Crippen molar-refractivity contribution in [3.05, 3.63) is 78.9 Å². The summed E-state index contributed by atoms with van der Waals surface area (Å²) in [5.41, 5.74) is 6.48. The first kappa shape index (κ1) is 14.6. The molecule has 22 heavy (non-hydrogen) atoms. The molecular weight excluding hydrogens is 266 g/mol. The summed E-state index contributed by atoms with van der Waals surface area (Å²) in [6.07, 6.45) is 0. The van der Waals surface area contributed by atoms with Crippen molar-refractivity contribution in [2.75, 3.05) is 21.1 Å². The molecule has 0 N–H and O–H groups in total. The molecule has 110 valence electrons. The fraction of sp³-hybridized carbons (Fsp3) is 0.143. The fourth-order valence-electron chi connectivity index (χ4n) is 2.97. The maximum atomic E-state index is 2.23. The van der Waals surface area contributed by atoms with Gasteiger partial charge < -0.3 is 0 Å². The van der Waals surface area contributed by atoms with Crippen molar-refractivity contribution in [2.24, 2.45) is 0 Å². The summed E-state index contributed by atoms with van der Waals surface area (Å²) in [7, 11) is 6.69. The van der Waals surface area contributed by atoms with E-state index in [1.54, 1.807) is 0 Å². The van der Waals surface area contributed by atoms with Crippen LogP contribution in [-0.4, -0.2) is 21.1 Å². The lowest BCUT2D eigenvalue weighted by atomic mass is 9.94. The fourth-order valence-corrected chi connectivity index (χ4v) is 2.97. The molecule has 0 fully saturated rings. The van der Waals surface area contributed by atoms with Gasteiger partial charge in [0.2, 0.25) is 0 Å². The van der Waals surface area contributed by atoms with Crippen LogP contribution < -0.4 is 4.48 Å². The van der Waals surface area contributed by atoms with E-state index in [1.165, 1.54) is 27.9 Å². The number of benzene rings is 3. The standard InChI is InChI=1S/C21H22N/c1-22(2,3)21-19(17-11-6-4-7-12-17)15-10-16-20(21)18-13-8-5-9-14-18/h4-16H,1-3H3/q+1. The molecule has 3 rings (SSSR count). The number of nitrogens with zero attached hydrogens (tertiary/aromatic N) is 1. The molecule has 3 aromatic rings. The second-order valence-electron chi connectivity index (χ2n) is 6.45.